The van der Waals surface area contributed by atoms with Crippen LogP contribution in [0.2, 0.25) is 0 Å². The molecule has 0 unspecified atom stereocenters. The fourth-order valence-electron chi connectivity index (χ4n) is 3.68. The van der Waals surface area contributed by atoms with E-state index in [4.69, 9.17) is 9.84 Å². The van der Waals surface area contributed by atoms with Crippen molar-refractivity contribution in [3.05, 3.63) is 35.1 Å². The lowest BCUT2D eigenvalue weighted by molar-refractivity contribution is 0.0948. The molecule has 0 aromatic carbocycles. The maximum absolute atomic E-state index is 12.4. The third-order valence-electron chi connectivity index (χ3n) is 5.19. The van der Waals surface area contributed by atoms with E-state index >= 15 is 0 Å². The standard InChI is InChI=1S/C21H25N5O3S/c1-13-16-18(24-12-25-21(16)30-17(13)19(28)22-10-11-27)26-15-8-5-9-23-20(15)29-14-6-3-2-4-7-14/h5,8-9,12,14,27H,2-4,6-7,10-11H2,1H3,(H,22,28)(H,24,25,26). The van der Waals surface area contributed by atoms with Crippen LogP contribution in [0.3, 0.4) is 0 Å². The molecule has 1 fully saturated rings. The summed E-state index contributed by atoms with van der Waals surface area (Å²) in [5.74, 6) is 0.944. The first kappa shape index (κ1) is 20.5. The molecule has 1 aliphatic carbocycles. The molecule has 4 rings (SSSR count). The van der Waals surface area contributed by atoms with E-state index in [1.807, 2.05) is 19.1 Å². The number of nitrogens with zero attached hydrogens (tertiary/aromatic N) is 3. The summed E-state index contributed by atoms with van der Waals surface area (Å²) < 4.78 is 6.19. The van der Waals surface area contributed by atoms with Crippen molar-refractivity contribution in [2.75, 3.05) is 18.5 Å². The van der Waals surface area contributed by atoms with E-state index < -0.39 is 0 Å². The van der Waals surface area contributed by atoms with Gasteiger partial charge in [0.15, 0.2) is 0 Å². The molecule has 0 atom stereocenters. The number of aliphatic hydroxyl groups excluding tert-OH is 1. The van der Waals surface area contributed by atoms with Crippen molar-refractivity contribution in [1.29, 1.82) is 0 Å². The topological polar surface area (TPSA) is 109 Å². The van der Waals surface area contributed by atoms with Crippen molar-refractivity contribution >= 4 is 39.0 Å². The molecule has 9 heteroatoms. The maximum atomic E-state index is 12.4. The average Bonchev–Trinajstić information content (AvgIpc) is 3.12. The summed E-state index contributed by atoms with van der Waals surface area (Å²) in [5.41, 5.74) is 1.53. The summed E-state index contributed by atoms with van der Waals surface area (Å²) in [4.78, 5) is 26.9. The number of fused-ring (bicyclic) bond motifs is 1. The van der Waals surface area contributed by atoms with Crippen molar-refractivity contribution in [1.82, 2.24) is 20.3 Å². The molecule has 3 N–H and O–H groups in total. The fraction of sp³-hybridized carbons (Fsp3) is 0.429. The minimum Gasteiger partial charge on any atom is -0.473 e. The number of thiophene rings is 1. The van der Waals surface area contributed by atoms with E-state index in [0.717, 1.165) is 34.3 Å². The fourth-order valence-corrected chi connectivity index (χ4v) is 4.75. The molecule has 0 spiro atoms. The van der Waals surface area contributed by atoms with Crippen LogP contribution in [0.25, 0.3) is 10.2 Å². The molecule has 0 radical (unpaired) electrons. The number of carbonyl (C=O) groups is 1. The molecule has 30 heavy (non-hydrogen) atoms. The number of carbonyl (C=O) groups excluding carboxylic acids is 1. The summed E-state index contributed by atoms with van der Waals surface area (Å²) in [7, 11) is 0. The normalized spacial score (nSPS) is 14.6. The Morgan fingerprint density at radius 1 is 1.27 bits per heavy atom. The van der Waals surface area contributed by atoms with Crippen LogP contribution < -0.4 is 15.4 Å². The van der Waals surface area contributed by atoms with E-state index in [1.54, 1.807) is 6.20 Å². The molecule has 0 bridgehead atoms. The van der Waals surface area contributed by atoms with Gasteiger partial charge in [0, 0.05) is 12.7 Å². The summed E-state index contributed by atoms with van der Waals surface area (Å²) in [6.45, 7) is 1.98. The third kappa shape index (κ3) is 4.36. The van der Waals surface area contributed by atoms with Crippen LogP contribution in [0.5, 0.6) is 5.88 Å². The van der Waals surface area contributed by atoms with E-state index in [9.17, 15) is 4.79 Å². The first-order valence-corrected chi connectivity index (χ1v) is 11.0. The van der Waals surface area contributed by atoms with E-state index in [0.29, 0.717) is 16.6 Å². The summed E-state index contributed by atoms with van der Waals surface area (Å²) in [6.07, 6.45) is 9.10. The number of aryl methyl sites for hydroxylation is 1. The highest BCUT2D eigenvalue weighted by Crippen LogP contribution is 2.36. The Hall–Kier alpha value is -2.78. The molecule has 0 saturated heterocycles. The summed E-state index contributed by atoms with van der Waals surface area (Å²) in [5, 5.41) is 15.8. The Morgan fingerprint density at radius 2 is 2.10 bits per heavy atom. The number of anilines is 2. The first-order valence-electron chi connectivity index (χ1n) is 10.2. The second-order valence-corrected chi connectivity index (χ2v) is 8.30. The lowest BCUT2D eigenvalue weighted by Gasteiger charge is -2.23. The number of nitrogens with one attached hydrogen (secondary N) is 2. The summed E-state index contributed by atoms with van der Waals surface area (Å²) in [6, 6.07) is 3.76. The van der Waals surface area contributed by atoms with Crippen LogP contribution in [0.4, 0.5) is 11.5 Å². The van der Waals surface area contributed by atoms with Crippen LogP contribution in [0.1, 0.15) is 47.3 Å². The molecule has 1 saturated carbocycles. The average molecular weight is 428 g/mol. The van der Waals surface area contributed by atoms with Gasteiger partial charge in [0.05, 0.1) is 16.9 Å². The van der Waals surface area contributed by atoms with Crippen molar-refractivity contribution in [3.8, 4) is 5.88 Å². The molecule has 0 aliphatic heterocycles. The number of aliphatic hydroxyl groups is 1. The highest BCUT2D eigenvalue weighted by atomic mass is 32.1. The number of amides is 1. The SMILES string of the molecule is Cc1c(C(=O)NCCO)sc2ncnc(Nc3cccnc3OC3CCCCC3)c12. The minimum atomic E-state index is -0.224. The van der Waals surface area contributed by atoms with Gasteiger partial charge in [-0.15, -0.1) is 11.3 Å². The van der Waals surface area contributed by atoms with Gasteiger partial charge in [0.1, 0.15) is 28.8 Å². The van der Waals surface area contributed by atoms with Crippen molar-refractivity contribution in [3.63, 3.8) is 0 Å². The predicted molar refractivity (Wildman–Crippen MR) is 117 cm³/mol. The maximum Gasteiger partial charge on any atom is 0.261 e. The molecule has 8 nitrogen and oxygen atoms in total. The van der Waals surface area contributed by atoms with Crippen LogP contribution in [0, 0.1) is 6.92 Å². The second kappa shape index (κ2) is 9.36. The number of hydrogen-bond donors (Lipinski definition) is 3. The molecule has 1 amide bonds. The Bertz CT molecular complexity index is 1030. The molecule has 3 aromatic rings. The zero-order chi connectivity index (χ0) is 20.9. The Labute approximate surface area is 178 Å². The minimum absolute atomic E-state index is 0.104. The highest BCUT2D eigenvalue weighted by molar-refractivity contribution is 7.20. The van der Waals surface area contributed by atoms with Gasteiger partial charge in [-0.25, -0.2) is 15.0 Å². The number of ether oxygens (including phenoxy) is 1. The second-order valence-electron chi connectivity index (χ2n) is 7.30. The van der Waals surface area contributed by atoms with E-state index in [1.165, 1.54) is 36.9 Å². The number of pyridine rings is 1. The largest absolute Gasteiger partial charge is 0.473 e. The van der Waals surface area contributed by atoms with Gasteiger partial charge in [-0.1, -0.05) is 6.42 Å². The molecule has 3 heterocycles. The third-order valence-corrected chi connectivity index (χ3v) is 6.38. The molecule has 3 aromatic heterocycles. The van der Waals surface area contributed by atoms with E-state index in [-0.39, 0.29) is 25.2 Å². The Kier molecular flexibility index (Phi) is 6.39. The Morgan fingerprint density at radius 3 is 2.90 bits per heavy atom. The zero-order valence-electron chi connectivity index (χ0n) is 16.9. The Balaban J connectivity index is 1.63. The quantitative estimate of drug-likeness (QED) is 0.529. The van der Waals surface area contributed by atoms with Gasteiger partial charge in [-0.3, -0.25) is 4.79 Å². The van der Waals surface area contributed by atoms with Gasteiger partial charge in [0.2, 0.25) is 5.88 Å². The van der Waals surface area contributed by atoms with Gasteiger partial charge < -0.3 is 20.5 Å². The number of hydrogen-bond acceptors (Lipinski definition) is 8. The molecule has 1 aliphatic rings. The molecule has 158 valence electrons. The number of rotatable bonds is 7. The van der Waals surface area contributed by atoms with Crippen LogP contribution >= 0.6 is 11.3 Å². The van der Waals surface area contributed by atoms with Gasteiger partial charge >= 0.3 is 0 Å². The van der Waals surface area contributed by atoms with Gasteiger partial charge in [-0.2, -0.15) is 0 Å². The molecular formula is C21H25N5O3S. The van der Waals surface area contributed by atoms with Gasteiger partial charge in [0.25, 0.3) is 5.91 Å². The first-order chi connectivity index (χ1) is 14.7. The van der Waals surface area contributed by atoms with E-state index in [2.05, 4.69) is 25.6 Å². The lowest BCUT2D eigenvalue weighted by atomic mass is 9.98. The lowest BCUT2D eigenvalue weighted by Crippen LogP contribution is -2.26. The monoisotopic (exact) mass is 427 g/mol. The zero-order valence-corrected chi connectivity index (χ0v) is 17.7. The number of aromatic nitrogens is 3. The van der Waals surface area contributed by atoms with Crippen molar-refractivity contribution < 1.29 is 14.6 Å². The van der Waals surface area contributed by atoms with Crippen LogP contribution in [-0.4, -0.2) is 45.2 Å². The highest BCUT2D eigenvalue weighted by Gasteiger charge is 2.21. The predicted octanol–water partition coefficient (Wildman–Crippen LogP) is 3.57. The smallest absolute Gasteiger partial charge is 0.261 e. The van der Waals surface area contributed by atoms with Crippen LogP contribution in [0.15, 0.2) is 24.7 Å². The van der Waals surface area contributed by atoms with Crippen molar-refractivity contribution in [2.45, 2.75) is 45.1 Å². The summed E-state index contributed by atoms with van der Waals surface area (Å²) >= 11 is 1.31. The van der Waals surface area contributed by atoms with Crippen molar-refractivity contribution in [2.24, 2.45) is 0 Å². The van der Waals surface area contributed by atoms with Gasteiger partial charge in [-0.05, 0) is 50.3 Å². The van der Waals surface area contributed by atoms with Crippen LogP contribution in [-0.2, 0) is 0 Å². The molecular weight excluding hydrogens is 402 g/mol.